The Labute approximate surface area is 135 Å². The predicted molar refractivity (Wildman–Crippen MR) is 85.9 cm³/mol. The maximum atomic E-state index is 11.3. The molecule has 1 atom stereocenters. The Hall–Kier alpha value is -0.350. The minimum Gasteiger partial charge on any atom is -0.386 e. The van der Waals surface area contributed by atoms with E-state index in [1.807, 2.05) is 10.9 Å². The number of aliphatic hydroxyl groups is 1. The van der Waals surface area contributed by atoms with E-state index in [2.05, 4.69) is 34.9 Å². The van der Waals surface area contributed by atoms with Crippen LogP contribution in [0.25, 0.3) is 0 Å². The third kappa shape index (κ3) is 2.13. The van der Waals surface area contributed by atoms with Crippen LogP contribution < -0.4 is 0 Å². The average Bonchev–Trinajstić information content (AvgIpc) is 2.78. The molecule has 4 heteroatoms. The van der Waals surface area contributed by atoms with E-state index in [0.29, 0.717) is 0 Å². The Morgan fingerprint density at radius 3 is 2.19 bits per heavy atom. The number of hydrogen-bond donors (Lipinski definition) is 1. The lowest BCUT2D eigenvalue weighted by Crippen LogP contribution is -2.49. The van der Waals surface area contributed by atoms with Crippen molar-refractivity contribution >= 4 is 15.9 Å². The van der Waals surface area contributed by atoms with Gasteiger partial charge in [0.1, 0.15) is 6.10 Å². The van der Waals surface area contributed by atoms with Gasteiger partial charge in [-0.15, -0.1) is 0 Å². The highest BCUT2D eigenvalue weighted by molar-refractivity contribution is 9.10. The fourth-order valence-corrected chi connectivity index (χ4v) is 6.31. The summed E-state index contributed by atoms with van der Waals surface area (Å²) in [4.78, 5) is 0. The van der Waals surface area contributed by atoms with Crippen LogP contribution in [0, 0.1) is 23.2 Å². The summed E-state index contributed by atoms with van der Waals surface area (Å²) in [5.74, 6) is 2.58. The highest BCUT2D eigenvalue weighted by Crippen LogP contribution is 2.64. The fraction of sp³-hybridized carbons (Fsp3) is 0.824. The molecule has 3 nitrogen and oxygen atoms in total. The molecule has 1 aromatic rings. The molecule has 0 amide bonds. The highest BCUT2D eigenvalue weighted by Gasteiger charge is 2.55. The molecule has 21 heavy (non-hydrogen) atoms. The van der Waals surface area contributed by atoms with Crippen LogP contribution in [0.1, 0.15) is 70.2 Å². The number of halogens is 1. The molecule has 0 radical (unpaired) electrons. The van der Waals surface area contributed by atoms with Gasteiger partial charge in [-0.25, -0.2) is 0 Å². The van der Waals surface area contributed by atoms with E-state index >= 15 is 0 Å². The zero-order chi connectivity index (χ0) is 14.8. The van der Waals surface area contributed by atoms with Crippen molar-refractivity contribution in [2.24, 2.45) is 23.2 Å². The van der Waals surface area contributed by atoms with Crippen LogP contribution >= 0.6 is 15.9 Å². The van der Waals surface area contributed by atoms with Gasteiger partial charge >= 0.3 is 0 Å². The average molecular weight is 353 g/mol. The van der Waals surface area contributed by atoms with E-state index in [1.54, 1.807) is 0 Å². The first-order valence-electron chi connectivity index (χ1n) is 8.39. The van der Waals surface area contributed by atoms with Gasteiger partial charge in [0.15, 0.2) is 0 Å². The lowest BCUT2D eigenvalue weighted by Gasteiger charge is -2.58. The molecule has 0 aliphatic heterocycles. The lowest BCUT2D eigenvalue weighted by atomic mass is 9.48. The van der Waals surface area contributed by atoms with Crippen LogP contribution in [0.3, 0.4) is 0 Å². The van der Waals surface area contributed by atoms with Crippen molar-refractivity contribution in [3.05, 3.63) is 16.4 Å². The zero-order valence-corrected chi connectivity index (χ0v) is 14.5. The first-order valence-corrected chi connectivity index (χ1v) is 9.19. The Kier molecular flexibility index (Phi) is 3.27. The number of nitrogens with zero attached hydrogens (tertiary/aromatic N) is 2. The molecule has 4 aliphatic rings. The second kappa shape index (κ2) is 4.82. The molecule has 5 rings (SSSR count). The van der Waals surface area contributed by atoms with E-state index in [-0.39, 0.29) is 17.6 Å². The summed E-state index contributed by atoms with van der Waals surface area (Å²) >= 11 is 3.62. The molecule has 1 aromatic heterocycles. The van der Waals surface area contributed by atoms with Crippen molar-refractivity contribution in [3.63, 3.8) is 0 Å². The lowest BCUT2D eigenvalue weighted by molar-refractivity contribution is -0.125. The first kappa shape index (κ1) is 14.3. The van der Waals surface area contributed by atoms with Crippen LogP contribution in [-0.4, -0.2) is 14.9 Å². The van der Waals surface area contributed by atoms with Crippen LogP contribution in [0.2, 0.25) is 0 Å². The topological polar surface area (TPSA) is 38.0 Å². The second-order valence-electron chi connectivity index (χ2n) is 8.10. The van der Waals surface area contributed by atoms with Crippen LogP contribution in [0.5, 0.6) is 0 Å². The molecule has 116 valence electrons. The standard InChI is InChI=1S/C17H25BrN2O/c1-10(2)20-15(14(18)9-19-20)16(21)17-6-11-3-12(7-17)5-13(4-11)8-17/h9-13,16,21H,3-8H2,1-2H3. The normalized spacial score (nSPS) is 39.2. The molecular weight excluding hydrogens is 328 g/mol. The monoisotopic (exact) mass is 352 g/mol. The van der Waals surface area contributed by atoms with Crippen molar-refractivity contribution in [1.82, 2.24) is 9.78 Å². The van der Waals surface area contributed by atoms with Gasteiger partial charge in [0, 0.05) is 11.5 Å². The van der Waals surface area contributed by atoms with E-state index < -0.39 is 0 Å². The van der Waals surface area contributed by atoms with Gasteiger partial charge in [0.2, 0.25) is 0 Å². The minimum atomic E-state index is -0.370. The van der Waals surface area contributed by atoms with Crippen LogP contribution in [0.15, 0.2) is 10.7 Å². The van der Waals surface area contributed by atoms with Crippen molar-refractivity contribution in [1.29, 1.82) is 0 Å². The summed E-state index contributed by atoms with van der Waals surface area (Å²) in [5.41, 5.74) is 1.12. The Morgan fingerprint density at radius 1 is 1.19 bits per heavy atom. The largest absolute Gasteiger partial charge is 0.386 e. The molecule has 1 N–H and O–H groups in total. The third-order valence-electron chi connectivity index (χ3n) is 6.20. The van der Waals surface area contributed by atoms with Crippen molar-refractivity contribution in [3.8, 4) is 0 Å². The second-order valence-corrected chi connectivity index (χ2v) is 8.95. The number of hydrogen-bond acceptors (Lipinski definition) is 2. The molecule has 1 heterocycles. The summed E-state index contributed by atoms with van der Waals surface area (Å²) in [6.07, 6.45) is 9.37. The van der Waals surface area contributed by atoms with Gasteiger partial charge in [-0.1, -0.05) is 0 Å². The number of aromatic nitrogens is 2. The van der Waals surface area contributed by atoms with Crippen LogP contribution in [0.4, 0.5) is 0 Å². The summed E-state index contributed by atoms with van der Waals surface area (Å²) in [7, 11) is 0. The Balaban J connectivity index is 1.72. The van der Waals surface area contributed by atoms with Crippen molar-refractivity contribution < 1.29 is 5.11 Å². The van der Waals surface area contributed by atoms with E-state index in [0.717, 1.165) is 27.9 Å². The molecule has 4 fully saturated rings. The Bertz CT molecular complexity index is 516. The van der Waals surface area contributed by atoms with Crippen molar-refractivity contribution in [2.75, 3.05) is 0 Å². The molecule has 4 aliphatic carbocycles. The summed E-state index contributed by atoms with van der Waals surface area (Å²) in [6, 6.07) is 0.287. The van der Waals surface area contributed by atoms with Crippen molar-refractivity contribution in [2.45, 2.75) is 64.5 Å². The van der Waals surface area contributed by atoms with E-state index in [1.165, 1.54) is 38.5 Å². The predicted octanol–water partition coefficient (Wildman–Crippen LogP) is 4.48. The summed E-state index contributed by atoms with van der Waals surface area (Å²) in [6.45, 7) is 4.27. The molecule has 0 aromatic carbocycles. The van der Waals surface area contributed by atoms with Gasteiger partial charge in [-0.05, 0) is 86.1 Å². The fourth-order valence-electron chi connectivity index (χ4n) is 5.82. The SMILES string of the molecule is CC(C)n1ncc(Br)c1C(O)C12CC3CC(CC(C3)C1)C2. The molecule has 4 saturated carbocycles. The van der Waals surface area contributed by atoms with Gasteiger partial charge in [0.05, 0.1) is 16.4 Å². The third-order valence-corrected chi connectivity index (χ3v) is 6.81. The minimum absolute atomic E-state index is 0.115. The molecular formula is C17H25BrN2O. The smallest absolute Gasteiger partial charge is 0.102 e. The van der Waals surface area contributed by atoms with Crippen LogP contribution in [-0.2, 0) is 0 Å². The maximum Gasteiger partial charge on any atom is 0.102 e. The number of rotatable bonds is 3. The van der Waals surface area contributed by atoms with E-state index in [4.69, 9.17) is 0 Å². The van der Waals surface area contributed by atoms with Gasteiger partial charge < -0.3 is 5.11 Å². The quantitative estimate of drug-likeness (QED) is 0.870. The van der Waals surface area contributed by atoms with Gasteiger partial charge in [-0.2, -0.15) is 5.10 Å². The van der Waals surface area contributed by atoms with Gasteiger partial charge in [0.25, 0.3) is 0 Å². The summed E-state index contributed by atoms with van der Waals surface area (Å²) in [5, 5.41) is 15.8. The Morgan fingerprint density at radius 2 is 1.71 bits per heavy atom. The van der Waals surface area contributed by atoms with E-state index in [9.17, 15) is 5.11 Å². The summed E-state index contributed by atoms with van der Waals surface area (Å²) < 4.78 is 2.98. The molecule has 4 bridgehead atoms. The highest BCUT2D eigenvalue weighted by atomic mass is 79.9. The molecule has 0 saturated heterocycles. The first-order chi connectivity index (χ1) is 9.98. The maximum absolute atomic E-state index is 11.3. The number of aliphatic hydroxyl groups excluding tert-OH is 1. The zero-order valence-electron chi connectivity index (χ0n) is 12.9. The molecule has 0 spiro atoms. The van der Waals surface area contributed by atoms with Gasteiger partial charge in [-0.3, -0.25) is 4.68 Å². The molecule has 1 unspecified atom stereocenters.